The molecule has 0 aliphatic rings. The first-order valence-electron chi connectivity index (χ1n) is 5.72. The summed E-state index contributed by atoms with van der Waals surface area (Å²) < 4.78 is 2.54. The molecule has 0 spiro atoms. The lowest BCUT2D eigenvalue weighted by molar-refractivity contribution is 1.19. The Balaban J connectivity index is 2.13. The first-order chi connectivity index (χ1) is 9.16. The van der Waals surface area contributed by atoms with Crippen molar-refractivity contribution in [1.29, 1.82) is 0 Å². The van der Waals surface area contributed by atoms with Crippen molar-refractivity contribution in [2.24, 2.45) is 0 Å². The Morgan fingerprint density at radius 3 is 2.74 bits per heavy atom. The maximum absolute atomic E-state index is 6.12. The van der Waals surface area contributed by atoms with Gasteiger partial charge in [-0.2, -0.15) is 0 Å². The highest BCUT2D eigenvalue weighted by atomic mass is 127. The van der Waals surface area contributed by atoms with Crippen LogP contribution in [-0.4, -0.2) is 0 Å². The number of hydrogen-bond donors (Lipinski definition) is 0. The number of rotatable bonds is 2. The quantitative estimate of drug-likeness (QED) is 0.295. The van der Waals surface area contributed by atoms with Crippen molar-refractivity contribution in [3.63, 3.8) is 0 Å². The Hall–Kier alpha value is -0.100. The van der Waals surface area contributed by atoms with Gasteiger partial charge in [0.2, 0.25) is 0 Å². The smallest absolute Gasteiger partial charge is 0.0669 e. The predicted molar refractivity (Wildman–Crippen MR) is 96.8 cm³/mol. The molecular weight excluding hydrogens is 454 g/mol. The van der Waals surface area contributed by atoms with Crippen LogP contribution in [0.1, 0.15) is 16.0 Å². The predicted octanol–water partition coefficient (Wildman–Crippen LogP) is 6.64. The third kappa shape index (κ3) is 2.71. The van der Waals surface area contributed by atoms with Crippen molar-refractivity contribution < 1.29 is 0 Å². The molecule has 1 aromatic heterocycles. The summed E-state index contributed by atoms with van der Waals surface area (Å²) in [6.07, 6.45) is 0. The molecule has 0 fully saturated rings. The maximum Gasteiger partial charge on any atom is 0.0669 e. The summed E-state index contributed by atoms with van der Waals surface area (Å²) in [7, 11) is 0. The van der Waals surface area contributed by atoms with Gasteiger partial charge in [-0.15, -0.1) is 11.3 Å². The zero-order chi connectivity index (χ0) is 13.4. The molecule has 19 heavy (non-hydrogen) atoms. The summed E-state index contributed by atoms with van der Waals surface area (Å²) in [5.74, 6) is 0. The van der Waals surface area contributed by atoms with Crippen LogP contribution in [-0.2, 0) is 0 Å². The fourth-order valence-corrected chi connectivity index (χ4v) is 5.25. The van der Waals surface area contributed by atoms with Crippen LogP contribution >= 0.6 is 61.5 Å². The van der Waals surface area contributed by atoms with Gasteiger partial charge in [0.15, 0.2) is 0 Å². The number of thiophene rings is 1. The minimum Gasteiger partial charge on any atom is -0.143 e. The molecule has 1 heterocycles. The molecule has 0 amide bonds. The van der Waals surface area contributed by atoms with Gasteiger partial charge in [0.1, 0.15) is 0 Å². The summed E-state index contributed by atoms with van der Waals surface area (Å²) in [5.41, 5.74) is 2.53. The molecule has 0 nitrogen and oxygen atoms in total. The minimum atomic E-state index is 0.175. The maximum atomic E-state index is 6.12. The molecular formula is C15H9BrClIS. The second-order valence-electron chi connectivity index (χ2n) is 4.22. The van der Waals surface area contributed by atoms with Crippen molar-refractivity contribution in [2.75, 3.05) is 0 Å². The molecule has 0 radical (unpaired) electrons. The molecule has 4 heteroatoms. The van der Waals surface area contributed by atoms with Gasteiger partial charge in [-0.05, 0) is 68.7 Å². The van der Waals surface area contributed by atoms with Crippen LogP contribution in [0.2, 0.25) is 5.02 Å². The Labute approximate surface area is 143 Å². The average Bonchev–Trinajstić information content (AvgIpc) is 2.84. The second-order valence-corrected chi connectivity index (χ2v) is 7.64. The van der Waals surface area contributed by atoms with Crippen LogP contribution < -0.4 is 0 Å². The van der Waals surface area contributed by atoms with Crippen molar-refractivity contribution in [3.8, 4) is 0 Å². The zero-order valence-corrected chi connectivity index (χ0v) is 15.1. The van der Waals surface area contributed by atoms with E-state index in [9.17, 15) is 0 Å². The molecule has 3 rings (SSSR count). The minimum absolute atomic E-state index is 0.175. The van der Waals surface area contributed by atoms with Crippen LogP contribution in [0.15, 0.2) is 47.8 Å². The number of alkyl halides is 1. The lowest BCUT2D eigenvalue weighted by Gasteiger charge is -2.12. The van der Waals surface area contributed by atoms with Gasteiger partial charge in [0.25, 0.3) is 0 Å². The Bertz CT molecular complexity index is 738. The largest absolute Gasteiger partial charge is 0.143 e. The van der Waals surface area contributed by atoms with Gasteiger partial charge >= 0.3 is 0 Å². The summed E-state index contributed by atoms with van der Waals surface area (Å²) in [4.78, 5) is 0.175. The van der Waals surface area contributed by atoms with E-state index in [1.807, 2.05) is 12.1 Å². The number of halogens is 3. The number of fused-ring (bicyclic) bond motifs is 1. The molecule has 0 N–H and O–H groups in total. The third-order valence-corrected chi connectivity index (χ3v) is 6.20. The Morgan fingerprint density at radius 2 is 1.89 bits per heavy atom. The van der Waals surface area contributed by atoms with E-state index in [2.05, 4.69) is 74.2 Å². The van der Waals surface area contributed by atoms with E-state index < -0.39 is 0 Å². The summed E-state index contributed by atoms with van der Waals surface area (Å²) in [6.45, 7) is 0. The van der Waals surface area contributed by atoms with Crippen LogP contribution in [0, 0.1) is 3.57 Å². The highest BCUT2D eigenvalue weighted by Gasteiger charge is 2.17. The van der Waals surface area contributed by atoms with Gasteiger partial charge in [0, 0.05) is 13.3 Å². The third-order valence-electron chi connectivity index (χ3n) is 3.02. The van der Waals surface area contributed by atoms with Crippen LogP contribution in [0.25, 0.3) is 10.1 Å². The SMILES string of the molecule is Clc1ccc(I)c(C(Br)c2csc3ccccc23)c1. The van der Waals surface area contributed by atoms with Crippen molar-refractivity contribution in [2.45, 2.75) is 4.83 Å². The van der Waals surface area contributed by atoms with E-state index in [0.29, 0.717) is 0 Å². The Kier molecular flexibility index (Phi) is 4.17. The molecule has 2 aromatic carbocycles. The van der Waals surface area contributed by atoms with Gasteiger partial charge < -0.3 is 0 Å². The van der Waals surface area contributed by atoms with E-state index in [1.54, 1.807) is 11.3 Å². The van der Waals surface area contributed by atoms with E-state index in [-0.39, 0.29) is 4.83 Å². The standard InChI is InChI=1S/C15H9BrClIS/c16-15(11-7-9(17)5-6-13(11)18)12-8-19-14-4-2-1-3-10(12)14/h1-8,15H. The summed E-state index contributed by atoms with van der Waals surface area (Å²) in [5, 5.41) is 4.31. The lowest BCUT2D eigenvalue weighted by atomic mass is 10.0. The van der Waals surface area contributed by atoms with Gasteiger partial charge in [-0.3, -0.25) is 0 Å². The zero-order valence-electron chi connectivity index (χ0n) is 9.74. The number of hydrogen-bond acceptors (Lipinski definition) is 1. The second kappa shape index (κ2) is 5.72. The van der Waals surface area contributed by atoms with Crippen molar-refractivity contribution in [1.82, 2.24) is 0 Å². The normalized spacial score (nSPS) is 12.8. The first-order valence-corrected chi connectivity index (χ1v) is 8.97. The first kappa shape index (κ1) is 13.9. The lowest BCUT2D eigenvalue weighted by Crippen LogP contribution is -1.94. The fourth-order valence-electron chi connectivity index (χ4n) is 2.07. The van der Waals surface area contributed by atoms with Gasteiger partial charge in [-0.1, -0.05) is 45.7 Å². The van der Waals surface area contributed by atoms with E-state index in [1.165, 1.54) is 24.8 Å². The summed E-state index contributed by atoms with van der Waals surface area (Å²) >= 11 is 14.1. The molecule has 0 saturated heterocycles. The Morgan fingerprint density at radius 1 is 1.11 bits per heavy atom. The average molecular weight is 464 g/mol. The molecule has 0 aliphatic carbocycles. The van der Waals surface area contributed by atoms with E-state index in [0.717, 1.165) is 5.02 Å². The van der Waals surface area contributed by atoms with Gasteiger partial charge in [0.05, 0.1) is 4.83 Å². The highest BCUT2D eigenvalue weighted by Crippen LogP contribution is 2.40. The number of benzene rings is 2. The van der Waals surface area contributed by atoms with E-state index >= 15 is 0 Å². The van der Waals surface area contributed by atoms with Crippen LogP contribution in [0.4, 0.5) is 0 Å². The fraction of sp³-hybridized carbons (Fsp3) is 0.0667. The molecule has 1 atom stereocenters. The molecule has 0 aliphatic heterocycles. The molecule has 1 unspecified atom stereocenters. The van der Waals surface area contributed by atoms with Crippen LogP contribution in [0.3, 0.4) is 0 Å². The van der Waals surface area contributed by atoms with Gasteiger partial charge in [-0.25, -0.2) is 0 Å². The molecule has 0 bridgehead atoms. The summed E-state index contributed by atoms with van der Waals surface area (Å²) in [6, 6.07) is 14.5. The van der Waals surface area contributed by atoms with E-state index in [4.69, 9.17) is 11.6 Å². The highest BCUT2D eigenvalue weighted by molar-refractivity contribution is 14.1. The van der Waals surface area contributed by atoms with Crippen LogP contribution in [0.5, 0.6) is 0 Å². The molecule has 0 saturated carbocycles. The topological polar surface area (TPSA) is 0 Å². The van der Waals surface area contributed by atoms with Crippen molar-refractivity contribution >= 4 is 71.5 Å². The molecule has 96 valence electrons. The van der Waals surface area contributed by atoms with Crippen molar-refractivity contribution in [3.05, 3.63) is 67.6 Å². The monoisotopic (exact) mass is 462 g/mol. The molecule has 3 aromatic rings.